The summed E-state index contributed by atoms with van der Waals surface area (Å²) in [5.41, 5.74) is 2.58. The van der Waals surface area contributed by atoms with Crippen molar-refractivity contribution in [2.75, 3.05) is 0 Å². The second-order valence-electron chi connectivity index (χ2n) is 8.44. The van der Waals surface area contributed by atoms with E-state index in [4.69, 9.17) is 9.15 Å². The van der Waals surface area contributed by atoms with Gasteiger partial charge in [-0.15, -0.1) is 16.4 Å². The van der Waals surface area contributed by atoms with Gasteiger partial charge in [-0.1, -0.05) is 29.5 Å². The highest BCUT2D eigenvalue weighted by molar-refractivity contribution is 7.14. The highest BCUT2D eigenvalue weighted by atomic mass is 32.1. The van der Waals surface area contributed by atoms with Gasteiger partial charge in [-0.2, -0.15) is 13.2 Å². The molecule has 0 radical (unpaired) electrons. The molecule has 5 aromatic rings. The number of alkyl halides is 3. The van der Waals surface area contributed by atoms with Gasteiger partial charge in [0.25, 0.3) is 0 Å². The van der Waals surface area contributed by atoms with E-state index in [1.165, 1.54) is 35.3 Å². The first kappa shape index (κ1) is 24.8. The molecule has 190 valence electrons. The van der Waals surface area contributed by atoms with Crippen LogP contribution in [0.1, 0.15) is 29.7 Å². The zero-order valence-electron chi connectivity index (χ0n) is 19.7. The number of aromatic nitrogens is 4. The molecule has 6 nitrogen and oxygen atoms in total. The number of unbranched alkanes of at least 4 members (excludes halogenated alkanes) is 1. The second-order valence-corrected chi connectivity index (χ2v) is 9.35. The number of oxazole rings is 1. The Kier molecular flexibility index (Phi) is 7.36. The molecule has 10 heteroatoms. The molecule has 0 bridgehead atoms. The molecule has 0 atom stereocenters. The van der Waals surface area contributed by atoms with Crippen molar-refractivity contribution < 1.29 is 22.3 Å². The molecule has 0 saturated carbocycles. The largest absolute Gasteiger partial charge is 0.487 e. The van der Waals surface area contributed by atoms with Gasteiger partial charge >= 0.3 is 6.18 Å². The van der Waals surface area contributed by atoms with E-state index in [-0.39, 0.29) is 6.61 Å². The first-order chi connectivity index (χ1) is 18.0. The quantitative estimate of drug-likeness (QED) is 0.180. The molecule has 37 heavy (non-hydrogen) atoms. The highest BCUT2D eigenvalue weighted by Crippen LogP contribution is 2.38. The molecule has 2 aromatic carbocycles. The number of ether oxygens (including phenoxy) is 1. The molecule has 0 fully saturated rings. The molecule has 0 aliphatic heterocycles. The van der Waals surface area contributed by atoms with Gasteiger partial charge < -0.3 is 9.15 Å². The number of hydrogen-bond donors (Lipinski definition) is 0. The minimum atomic E-state index is -4.37. The molecule has 3 heterocycles. The van der Waals surface area contributed by atoms with Crippen LogP contribution in [0.25, 0.3) is 21.9 Å². The summed E-state index contributed by atoms with van der Waals surface area (Å²) in [4.78, 5) is 5.31. The van der Waals surface area contributed by atoms with Gasteiger partial charge in [0.15, 0.2) is 0 Å². The predicted octanol–water partition coefficient (Wildman–Crippen LogP) is 7.28. The Bertz CT molecular complexity index is 1410. The maximum absolute atomic E-state index is 12.9. The molecule has 3 aromatic heterocycles. The van der Waals surface area contributed by atoms with Crippen molar-refractivity contribution >= 4 is 11.3 Å². The number of rotatable bonds is 10. The third-order valence-corrected chi connectivity index (χ3v) is 6.77. The van der Waals surface area contributed by atoms with Crippen LogP contribution in [0.15, 0.2) is 83.1 Å². The molecule has 5 rings (SSSR count). The predicted molar refractivity (Wildman–Crippen MR) is 134 cm³/mol. The van der Waals surface area contributed by atoms with E-state index in [1.807, 2.05) is 34.5 Å². The van der Waals surface area contributed by atoms with Gasteiger partial charge in [-0.25, -0.2) is 4.98 Å². The monoisotopic (exact) mass is 524 g/mol. The van der Waals surface area contributed by atoms with Crippen LogP contribution in [0.5, 0.6) is 5.75 Å². The van der Waals surface area contributed by atoms with Crippen molar-refractivity contribution in [1.82, 2.24) is 20.0 Å². The number of thiophene rings is 1. The van der Waals surface area contributed by atoms with E-state index in [0.717, 1.165) is 54.1 Å². The van der Waals surface area contributed by atoms with E-state index in [0.29, 0.717) is 17.1 Å². The van der Waals surface area contributed by atoms with Crippen molar-refractivity contribution in [2.45, 2.75) is 38.6 Å². The summed E-state index contributed by atoms with van der Waals surface area (Å²) in [6.45, 7) is 1.10. The number of aryl methyl sites for hydroxylation is 2. The molecule has 0 aliphatic carbocycles. The van der Waals surface area contributed by atoms with E-state index >= 15 is 0 Å². The fraction of sp³-hybridized carbons (Fsp3) is 0.222. The maximum Gasteiger partial charge on any atom is 0.416 e. The molecular formula is C27H23F3N4O2S. The third-order valence-electron chi connectivity index (χ3n) is 5.81. The first-order valence-corrected chi connectivity index (χ1v) is 12.6. The number of benzene rings is 2. The zero-order valence-corrected chi connectivity index (χ0v) is 20.5. The van der Waals surface area contributed by atoms with Crippen LogP contribution in [-0.2, 0) is 25.7 Å². The Morgan fingerprint density at radius 3 is 2.51 bits per heavy atom. The summed E-state index contributed by atoms with van der Waals surface area (Å²) in [7, 11) is 0. The van der Waals surface area contributed by atoms with Gasteiger partial charge in [-0.3, -0.25) is 4.68 Å². The van der Waals surface area contributed by atoms with Crippen LogP contribution in [0.3, 0.4) is 0 Å². The molecule has 0 saturated heterocycles. The molecule has 0 aliphatic rings. The zero-order chi connectivity index (χ0) is 25.7. The second kappa shape index (κ2) is 11.0. The van der Waals surface area contributed by atoms with Gasteiger partial charge in [0.2, 0.25) is 5.89 Å². The van der Waals surface area contributed by atoms with Gasteiger partial charge in [0.1, 0.15) is 24.3 Å². The topological polar surface area (TPSA) is 66.0 Å². The third kappa shape index (κ3) is 6.26. The van der Waals surface area contributed by atoms with E-state index < -0.39 is 11.7 Å². The Morgan fingerprint density at radius 2 is 1.78 bits per heavy atom. The van der Waals surface area contributed by atoms with Gasteiger partial charge in [0, 0.05) is 17.6 Å². The number of hydrogen-bond acceptors (Lipinski definition) is 6. The van der Waals surface area contributed by atoms with Crippen molar-refractivity contribution in [3.8, 4) is 27.6 Å². The molecule has 0 N–H and O–H groups in total. The van der Waals surface area contributed by atoms with Gasteiger partial charge in [0.05, 0.1) is 17.3 Å². The fourth-order valence-corrected chi connectivity index (χ4v) is 4.77. The smallest absolute Gasteiger partial charge is 0.416 e. The van der Waals surface area contributed by atoms with E-state index in [2.05, 4.69) is 27.4 Å². The SMILES string of the molecule is FC(F)(F)c1ccc(-c2sccc2-c2nc(COc3ccc(CCCCn4ccnn4)cc3)co2)cc1. The van der Waals surface area contributed by atoms with Crippen LogP contribution in [0.4, 0.5) is 13.2 Å². The molecule has 0 spiro atoms. The van der Waals surface area contributed by atoms with Crippen LogP contribution in [0, 0.1) is 0 Å². The van der Waals surface area contributed by atoms with Crippen LogP contribution in [-0.4, -0.2) is 20.0 Å². The summed E-state index contributed by atoms with van der Waals surface area (Å²) in [5.74, 6) is 1.13. The summed E-state index contributed by atoms with van der Waals surface area (Å²) >= 11 is 1.42. The van der Waals surface area contributed by atoms with Crippen molar-refractivity contribution in [1.29, 1.82) is 0 Å². The maximum atomic E-state index is 12.9. The fourth-order valence-electron chi connectivity index (χ4n) is 3.87. The highest BCUT2D eigenvalue weighted by Gasteiger charge is 2.30. The van der Waals surface area contributed by atoms with Crippen molar-refractivity contribution in [3.05, 3.63) is 95.5 Å². The van der Waals surface area contributed by atoms with Gasteiger partial charge in [-0.05, 0) is 66.1 Å². The Labute approximate surface area is 215 Å². The summed E-state index contributed by atoms with van der Waals surface area (Å²) in [6.07, 6.45) is 3.77. The normalized spacial score (nSPS) is 11.6. The first-order valence-electron chi connectivity index (χ1n) is 11.7. The number of nitrogens with zero attached hydrogens (tertiary/aromatic N) is 4. The molecular weight excluding hydrogens is 501 g/mol. The van der Waals surface area contributed by atoms with E-state index in [1.54, 1.807) is 6.20 Å². The molecule has 0 amide bonds. The lowest BCUT2D eigenvalue weighted by Gasteiger charge is -2.07. The van der Waals surface area contributed by atoms with Crippen LogP contribution in [0.2, 0.25) is 0 Å². The number of halogens is 3. The summed E-state index contributed by atoms with van der Waals surface area (Å²) in [6, 6.07) is 14.9. The van der Waals surface area contributed by atoms with Crippen LogP contribution >= 0.6 is 11.3 Å². The summed E-state index contributed by atoms with van der Waals surface area (Å²) in [5, 5.41) is 9.63. The lowest BCUT2D eigenvalue weighted by molar-refractivity contribution is -0.137. The Hall–Kier alpha value is -3.92. The van der Waals surface area contributed by atoms with E-state index in [9.17, 15) is 13.2 Å². The average molecular weight is 525 g/mol. The Balaban J connectivity index is 1.15. The summed E-state index contributed by atoms with van der Waals surface area (Å²) < 4.78 is 52.0. The van der Waals surface area contributed by atoms with Crippen LogP contribution < -0.4 is 4.74 Å². The lowest BCUT2D eigenvalue weighted by atomic mass is 10.1. The standard InChI is InChI=1S/C27H23F3N4O2S/c28-27(29,30)21-8-6-20(7-9-21)25-24(12-16-37-25)26-32-22(18-36-26)17-35-23-10-4-19(5-11-23)3-1-2-14-34-15-13-31-33-34/h4-13,15-16,18H,1-3,14,17H2. The Morgan fingerprint density at radius 1 is 0.973 bits per heavy atom. The minimum absolute atomic E-state index is 0.237. The molecule has 0 unspecified atom stereocenters. The van der Waals surface area contributed by atoms with Crippen molar-refractivity contribution in [3.63, 3.8) is 0 Å². The van der Waals surface area contributed by atoms with Crippen molar-refractivity contribution in [2.24, 2.45) is 0 Å². The average Bonchev–Trinajstić information content (AvgIpc) is 3.67. The lowest BCUT2D eigenvalue weighted by Crippen LogP contribution is -2.03. The minimum Gasteiger partial charge on any atom is -0.487 e.